The van der Waals surface area contributed by atoms with Crippen LogP contribution in [-0.4, -0.2) is 57.2 Å². The van der Waals surface area contributed by atoms with Gasteiger partial charge in [0.05, 0.1) is 13.1 Å². The third kappa shape index (κ3) is 4.48. The molecule has 2 aliphatic heterocycles. The summed E-state index contributed by atoms with van der Waals surface area (Å²) in [4.78, 5) is 31.1. The summed E-state index contributed by atoms with van der Waals surface area (Å²) in [6, 6.07) is 9.91. The van der Waals surface area contributed by atoms with E-state index in [-0.39, 0.29) is 29.6 Å². The smallest absolute Gasteiger partial charge is 0.272 e. The number of benzene rings is 1. The average molecular weight is 465 g/mol. The van der Waals surface area contributed by atoms with Gasteiger partial charge in [0, 0.05) is 42.5 Å². The molecule has 5 rings (SSSR count). The van der Waals surface area contributed by atoms with Gasteiger partial charge in [-0.3, -0.25) is 14.3 Å². The zero-order chi connectivity index (χ0) is 23.7. The maximum atomic E-state index is 13.4. The Morgan fingerprint density at radius 3 is 2.76 bits per heavy atom. The van der Waals surface area contributed by atoms with Gasteiger partial charge in [0.1, 0.15) is 11.5 Å². The van der Waals surface area contributed by atoms with Crippen molar-refractivity contribution < 1.29 is 14.0 Å². The summed E-state index contributed by atoms with van der Waals surface area (Å²) in [6.45, 7) is 5.00. The van der Waals surface area contributed by atoms with Crippen LogP contribution in [0.5, 0.6) is 0 Å². The van der Waals surface area contributed by atoms with Gasteiger partial charge in [-0.25, -0.2) is 4.39 Å². The lowest BCUT2D eigenvalue weighted by Crippen LogP contribution is -2.46. The van der Waals surface area contributed by atoms with Crippen molar-refractivity contribution in [2.45, 2.75) is 44.8 Å². The van der Waals surface area contributed by atoms with E-state index in [2.05, 4.69) is 15.6 Å². The van der Waals surface area contributed by atoms with Crippen molar-refractivity contribution >= 4 is 11.8 Å². The molecule has 2 aliphatic rings. The SMILES string of the molecule is CC1CN(C(=O)c2ccc[nH]2)Cc2c(C(=O)NC3CCCNC3)nn(Cc3ccc(F)cc3)c21. The number of carbonyl (C=O) groups excluding carboxylic acids is 2. The van der Waals surface area contributed by atoms with Crippen LogP contribution in [0.1, 0.15) is 63.5 Å². The second-order valence-corrected chi connectivity index (χ2v) is 9.18. The number of aromatic nitrogens is 3. The van der Waals surface area contributed by atoms with E-state index >= 15 is 0 Å². The third-order valence-corrected chi connectivity index (χ3v) is 6.61. The Balaban J connectivity index is 1.48. The van der Waals surface area contributed by atoms with Gasteiger partial charge in [0.15, 0.2) is 5.69 Å². The van der Waals surface area contributed by atoms with Crippen molar-refractivity contribution in [3.8, 4) is 0 Å². The minimum atomic E-state index is -0.292. The number of hydrogen-bond donors (Lipinski definition) is 3. The number of nitrogens with one attached hydrogen (secondary N) is 3. The van der Waals surface area contributed by atoms with E-state index in [9.17, 15) is 14.0 Å². The summed E-state index contributed by atoms with van der Waals surface area (Å²) in [5.41, 5.74) is 3.51. The molecule has 3 N–H and O–H groups in total. The second kappa shape index (κ2) is 9.42. The number of rotatable bonds is 5. The van der Waals surface area contributed by atoms with Crippen LogP contribution < -0.4 is 10.6 Å². The average Bonchev–Trinajstić information content (AvgIpc) is 3.50. The molecule has 2 unspecified atom stereocenters. The largest absolute Gasteiger partial charge is 0.357 e. The highest BCUT2D eigenvalue weighted by Gasteiger charge is 2.35. The van der Waals surface area contributed by atoms with Crippen LogP contribution in [0, 0.1) is 5.82 Å². The minimum absolute atomic E-state index is 0.0199. The number of aromatic amines is 1. The van der Waals surface area contributed by atoms with E-state index in [1.807, 2.05) is 11.6 Å². The van der Waals surface area contributed by atoms with E-state index in [4.69, 9.17) is 5.10 Å². The Hall–Kier alpha value is -3.46. The Morgan fingerprint density at radius 2 is 2.06 bits per heavy atom. The van der Waals surface area contributed by atoms with E-state index in [0.29, 0.717) is 31.0 Å². The molecule has 0 saturated carbocycles. The van der Waals surface area contributed by atoms with Gasteiger partial charge in [-0.15, -0.1) is 0 Å². The predicted molar refractivity (Wildman–Crippen MR) is 125 cm³/mol. The highest BCUT2D eigenvalue weighted by Crippen LogP contribution is 2.32. The molecule has 0 bridgehead atoms. The highest BCUT2D eigenvalue weighted by atomic mass is 19.1. The van der Waals surface area contributed by atoms with Crippen LogP contribution in [0.15, 0.2) is 42.6 Å². The van der Waals surface area contributed by atoms with E-state index < -0.39 is 0 Å². The van der Waals surface area contributed by atoms with Gasteiger partial charge in [-0.05, 0) is 49.2 Å². The van der Waals surface area contributed by atoms with E-state index in [1.165, 1.54) is 12.1 Å². The second-order valence-electron chi connectivity index (χ2n) is 9.18. The van der Waals surface area contributed by atoms with E-state index in [1.54, 1.807) is 35.4 Å². The Kier molecular flexibility index (Phi) is 6.19. The van der Waals surface area contributed by atoms with Crippen LogP contribution in [0.4, 0.5) is 4.39 Å². The molecule has 178 valence electrons. The molecular formula is C25H29FN6O2. The summed E-state index contributed by atoms with van der Waals surface area (Å²) < 4.78 is 15.3. The van der Waals surface area contributed by atoms with Crippen molar-refractivity contribution in [2.75, 3.05) is 19.6 Å². The molecule has 3 aromatic rings. The molecule has 34 heavy (non-hydrogen) atoms. The molecule has 2 atom stereocenters. The van der Waals surface area contributed by atoms with Crippen LogP contribution in [0.3, 0.4) is 0 Å². The van der Waals surface area contributed by atoms with Crippen molar-refractivity contribution in [1.29, 1.82) is 0 Å². The Morgan fingerprint density at radius 1 is 1.24 bits per heavy atom. The first-order chi connectivity index (χ1) is 16.5. The molecule has 1 fully saturated rings. The number of halogens is 1. The summed E-state index contributed by atoms with van der Waals surface area (Å²) in [7, 11) is 0. The van der Waals surface area contributed by atoms with Gasteiger partial charge in [-0.2, -0.15) is 5.10 Å². The number of hydrogen-bond acceptors (Lipinski definition) is 4. The number of carbonyl (C=O) groups is 2. The predicted octanol–water partition coefficient (Wildman–Crippen LogP) is 2.64. The summed E-state index contributed by atoms with van der Waals surface area (Å²) in [5.74, 6) is -0.631. The number of piperidine rings is 1. The van der Waals surface area contributed by atoms with Crippen molar-refractivity contribution in [2.24, 2.45) is 0 Å². The molecule has 2 aromatic heterocycles. The van der Waals surface area contributed by atoms with Crippen LogP contribution in [0.25, 0.3) is 0 Å². The third-order valence-electron chi connectivity index (χ3n) is 6.61. The van der Waals surface area contributed by atoms with Crippen LogP contribution in [0.2, 0.25) is 0 Å². The lowest BCUT2D eigenvalue weighted by molar-refractivity contribution is 0.0710. The Labute approximate surface area is 197 Å². The first-order valence-electron chi connectivity index (χ1n) is 11.8. The quantitative estimate of drug-likeness (QED) is 0.541. The molecule has 1 aromatic carbocycles. The molecule has 0 radical (unpaired) electrons. The fourth-order valence-corrected chi connectivity index (χ4v) is 4.98. The topological polar surface area (TPSA) is 95.1 Å². The van der Waals surface area contributed by atoms with Crippen molar-refractivity contribution in [1.82, 2.24) is 30.3 Å². The maximum Gasteiger partial charge on any atom is 0.272 e. The van der Waals surface area contributed by atoms with Gasteiger partial charge in [0.2, 0.25) is 0 Å². The van der Waals surface area contributed by atoms with Crippen LogP contribution >= 0.6 is 0 Å². The van der Waals surface area contributed by atoms with Crippen molar-refractivity contribution in [3.05, 3.63) is 76.6 Å². The maximum absolute atomic E-state index is 13.4. The summed E-state index contributed by atoms with van der Waals surface area (Å²) in [5, 5.41) is 11.2. The Bertz CT molecular complexity index is 1160. The highest BCUT2D eigenvalue weighted by molar-refractivity contribution is 5.95. The van der Waals surface area contributed by atoms with Gasteiger partial charge >= 0.3 is 0 Å². The molecule has 0 spiro atoms. The normalized spacial score (nSPS) is 20.1. The number of amides is 2. The van der Waals surface area contributed by atoms with Gasteiger partial charge < -0.3 is 20.5 Å². The zero-order valence-electron chi connectivity index (χ0n) is 19.2. The molecule has 2 amide bonds. The number of H-pyrrole nitrogens is 1. The molecule has 8 nitrogen and oxygen atoms in total. The first-order valence-corrected chi connectivity index (χ1v) is 11.8. The monoisotopic (exact) mass is 464 g/mol. The lowest BCUT2D eigenvalue weighted by Gasteiger charge is -2.32. The summed E-state index contributed by atoms with van der Waals surface area (Å²) >= 11 is 0. The van der Waals surface area contributed by atoms with Crippen molar-refractivity contribution in [3.63, 3.8) is 0 Å². The van der Waals surface area contributed by atoms with Gasteiger partial charge in [-0.1, -0.05) is 19.1 Å². The summed E-state index contributed by atoms with van der Waals surface area (Å²) in [6.07, 6.45) is 3.66. The molecule has 0 aliphatic carbocycles. The molecule has 9 heteroatoms. The fraction of sp³-hybridized carbons (Fsp3) is 0.400. The fourth-order valence-electron chi connectivity index (χ4n) is 4.98. The van der Waals surface area contributed by atoms with Gasteiger partial charge in [0.25, 0.3) is 11.8 Å². The first kappa shape index (κ1) is 22.3. The zero-order valence-corrected chi connectivity index (χ0v) is 19.2. The van der Waals surface area contributed by atoms with Crippen LogP contribution in [-0.2, 0) is 13.1 Å². The van der Waals surface area contributed by atoms with E-state index in [0.717, 1.165) is 42.8 Å². The molecule has 1 saturated heterocycles. The molecule has 4 heterocycles. The lowest BCUT2D eigenvalue weighted by atomic mass is 9.95. The molecular weight excluding hydrogens is 435 g/mol. The number of fused-ring (bicyclic) bond motifs is 1. The standard InChI is InChI=1S/C25H29FN6O2/c1-16-13-31(25(34)21-5-3-11-28-21)15-20-22(24(33)29-19-4-2-10-27-12-19)30-32(23(16)20)14-17-6-8-18(26)9-7-17/h3,5-9,11,16,19,27-28H,2,4,10,12-15H2,1H3,(H,29,33). The minimum Gasteiger partial charge on any atom is -0.357 e. The number of nitrogens with zero attached hydrogens (tertiary/aromatic N) is 3.